The molecule has 0 saturated heterocycles. The average Bonchev–Trinajstić information content (AvgIpc) is 2.46. The number of hydrogen-bond donors (Lipinski definition) is 0. The van der Waals surface area contributed by atoms with Crippen LogP contribution in [0.2, 0.25) is 5.02 Å². The number of sulfonamides is 1. The molecular formula is C15H16ClNO3S. The van der Waals surface area contributed by atoms with Crippen molar-refractivity contribution < 1.29 is 13.2 Å². The fourth-order valence-electron chi connectivity index (χ4n) is 1.93. The van der Waals surface area contributed by atoms with Gasteiger partial charge in [-0.15, -0.1) is 0 Å². The number of aryl methyl sites for hydroxylation is 1. The molecule has 2 aromatic rings. The van der Waals surface area contributed by atoms with Gasteiger partial charge >= 0.3 is 0 Å². The predicted octanol–water partition coefficient (Wildman–Crippen LogP) is 3.48. The van der Waals surface area contributed by atoms with Gasteiger partial charge in [-0.3, -0.25) is 4.31 Å². The predicted molar refractivity (Wildman–Crippen MR) is 84.8 cm³/mol. The highest BCUT2D eigenvalue weighted by Crippen LogP contribution is 2.29. The van der Waals surface area contributed by atoms with Crippen LogP contribution in [0.4, 0.5) is 5.69 Å². The van der Waals surface area contributed by atoms with E-state index >= 15 is 0 Å². The molecule has 0 aliphatic rings. The number of nitrogens with zero attached hydrogens (tertiary/aromatic N) is 1. The number of anilines is 1. The maximum atomic E-state index is 12.6. The summed E-state index contributed by atoms with van der Waals surface area (Å²) in [4.78, 5) is 0.123. The molecule has 2 aromatic carbocycles. The van der Waals surface area contributed by atoms with Crippen molar-refractivity contribution in [2.75, 3.05) is 18.5 Å². The molecule has 0 atom stereocenters. The van der Waals surface area contributed by atoms with Crippen molar-refractivity contribution in [1.29, 1.82) is 0 Å². The van der Waals surface area contributed by atoms with E-state index in [0.717, 1.165) is 5.56 Å². The van der Waals surface area contributed by atoms with Gasteiger partial charge in [-0.25, -0.2) is 8.42 Å². The van der Waals surface area contributed by atoms with Gasteiger partial charge in [0.2, 0.25) is 0 Å². The van der Waals surface area contributed by atoms with Crippen molar-refractivity contribution in [3.8, 4) is 5.75 Å². The van der Waals surface area contributed by atoms with E-state index in [2.05, 4.69) is 0 Å². The fourth-order valence-corrected chi connectivity index (χ4v) is 3.46. The number of rotatable bonds is 4. The van der Waals surface area contributed by atoms with Crippen molar-refractivity contribution in [2.45, 2.75) is 11.8 Å². The van der Waals surface area contributed by atoms with E-state index in [1.54, 1.807) is 12.1 Å². The van der Waals surface area contributed by atoms with Gasteiger partial charge in [0.1, 0.15) is 5.75 Å². The lowest BCUT2D eigenvalue weighted by atomic mass is 10.2. The van der Waals surface area contributed by atoms with E-state index in [1.165, 1.54) is 30.6 Å². The number of ether oxygens (including phenoxy) is 1. The minimum absolute atomic E-state index is 0.123. The Morgan fingerprint density at radius 2 is 1.86 bits per heavy atom. The van der Waals surface area contributed by atoms with Crippen LogP contribution in [0.15, 0.2) is 47.4 Å². The topological polar surface area (TPSA) is 46.6 Å². The first-order valence-corrected chi connectivity index (χ1v) is 8.07. The van der Waals surface area contributed by atoms with Crippen LogP contribution in [0.5, 0.6) is 5.75 Å². The Kier molecular flexibility index (Phi) is 4.44. The quantitative estimate of drug-likeness (QED) is 0.864. The van der Waals surface area contributed by atoms with Gasteiger partial charge in [-0.05, 0) is 42.8 Å². The molecule has 21 heavy (non-hydrogen) atoms. The third-order valence-electron chi connectivity index (χ3n) is 3.15. The van der Waals surface area contributed by atoms with Crippen molar-refractivity contribution >= 4 is 27.3 Å². The Hall–Kier alpha value is -1.72. The van der Waals surface area contributed by atoms with Crippen LogP contribution < -0.4 is 9.04 Å². The molecule has 0 aliphatic heterocycles. The Morgan fingerprint density at radius 1 is 1.14 bits per heavy atom. The van der Waals surface area contributed by atoms with Gasteiger partial charge in [0.05, 0.1) is 22.7 Å². The normalized spacial score (nSPS) is 11.2. The second kappa shape index (κ2) is 5.95. The maximum Gasteiger partial charge on any atom is 0.264 e. The molecule has 0 aliphatic carbocycles. The first-order valence-electron chi connectivity index (χ1n) is 6.25. The zero-order valence-electron chi connectivity index (χ0n) is 12.0. The molecule has 0 spiro atoms. The van der Waals surface area contributed by atoms with Crippen LogP contribution in [-0.4, -0.2) is 22.6 Å². The molecule has 112 valence electrons. The lowest BCUT2D eigenvalue weighted by Crippen LogP contribution is -2.26. The van der Waals surface area contributed by atoms with Gasteiger partial charge in [0.25, 0.3) is 10.0 Å². The minimum atomic E-state index is -3.66. The van der Waals surface area contributed by atoms with Crippen molar-refractivity contribution in [2.24, 2.45) is 0 Å². The van der Waals surface area contributed by atoms with Crippen LogP contribution in [-0.2, 0) is 10.0 Å². The molecule has 0 aromatic heterocycles. The summed E-state index contributed by atoms with van der Waals surface area (Å²) in [5, 5.41) is 0.260. The summed E-state index contributed by atoms with van der Waals surface area (Å²) >= 11 is 6.00. The van der Waals surface area contributed by atoms with Crippen molar-refractivity contribution in [3.05, 3.63) is 53.1 Å². The zero-order chi connectivity index (χ0) is 15.6. The molecule has 2 rings (SSSR count). The smallest absolute Gasteiger partial charge is 0.264 e. The fraction of sp³-hybridized carbons (Fsp3) is 0.200. The lowest BCUT2D eigenvalue weighted by molar-refractivity contribution is 0.414. The molecule has 0 bridgehead atoms. The first kappa shape index (κ1) is 15.7. The average molecular weight is 326 g/mol. The SMILES string of the molecule is COc1ccc(S(=O)(=O)N(C)c2cccc(C)c2)cc1Cl. The molecule has 0 amide bonds. The molecule has 0 fully saturated rings. The number of hydrogen-bond acceptors (Lipinski definition) is 3. The Balaban J connectivity index is 2.44. The Bertz CT molecular complexity index is 759. The summed E-state index contributed by atoms with van der Waals surface area (Å²) in [6.45, 7) is 1.91. The second-order valence-corrected chi connectivity index (χ2v) is 6.98. The van der Waals surface area contributed by atoms with E-state index in [-0.39, 0.29) is 9.92 Å². The lowest BCUT2D eigenvalue weighted by Gasteiger charge is -2.20. The van der Waals surface area contributed by atoms with E-state index in [0.29, 0.717) is 11.4 Å². The molecule has 0 saturated carbocycles. The largest absolute Gasteiger partial charge is 0.495 e. The second-order valence-electron chi connectivity index (χ2n) is 4.61. The third-order valence-corrected chi connectivity index (χ3v) is 5.22. The van der Waals surface area contributed by atoms with Gasteiger partial charge in [0, 0.05) is 7.05 Å². The van der Waals surface area contributed by atoms with Crippen LogP contribution in [0, 0.1) is 6.92 Å². The summed E-state index contributed by atoms with van der Waals surface area (Å²) in [5.41, 5.74) is 1.59. The number of halogens is 1. The summed E-state index contributed by atoms with van der Waals surface area (Å²) in [6.07, 6.45) is 0. The number of methoxy groups -OCH3 is 1. The summed E-state index contributed by atoms with van der Waals surface area (Å²) in [5.74, 6) is 0.439. The van der Waals surface area contributed by atoms with Crippen molar-refractivity contribution in [1.82, 2.24) is 0 Å². The Morgan fingerprint density at radius 3 is 2.43 bits per heavy atom. The molecular weight excluding hydrogens is 310 g/mol. The van der Waals surface area contributed by atoms with Gasteiger partial charge in [-0.1, -0.05) is 23.7 Å². The highest BCUT2D eigenvalue weighted by atomic mass is 35.5. The summed E-state index contributed by atoms with van der Waals surface area (Å²) in [7, 11) is -0.666. The Labute approximate surface area is 130 Å². The van der Waals surface area contributed by atoms with E-state index in [4.69, 9.17) is 16.3 Å². The maximum absolute atomic E-state index is 12.6. The molecule has 6 heteroatoms. The molecule has 0 unspecified atom stereocenters. The van der Waals surface area contributed by atoms with Crippen LogP contribution in [0.25, 0.3) is 0 Å². The third kappa shape index (κ3) is 3.14. The zero-order valence-corrected chi connectivity index (χ0v) is 13.6. The highest BCUT2D eigenvalue weighted by Gasteiger charge is 2.22. The summed E-state index contributed by atoms with van der Waals surface area (Å²) in [6, 6.07) is 11.7. The van der Waals surface area contributed by atoms with Crippen LogP contribution in [0.3, 0.4) is 0 Å². The monoisotopic (exact) mass is 325 g/mol. The van der Waals surface area contributed by atoms with E-state index in [9.17, 15) is 8.42 Å². The van der Waals surface area contributed by atoms with E-state index < -0.39 is 10.0 Å². The van der Waals surface area contributed by atoms with Crippen LogP contribution in [0.1, 0.15) is 5.56 Å². The van der Waals surface area contributed by atoms with Gasteiger partial charge < -0.3 is 4.74 Å². The van der Waals surface area contributed by atoms with E-state index in [1.807, 2.05) is 25.1 Å². The molecule has 4 nitrogen and oxygen atoms in total. The molecule has 0 N–H and O–H groups in total. The van der Waals surface area contributed by atoms with Crippen LogP contribution >= 0.6 is 11.6 Å². The van der Waals surface area contributed by atoms with Gasteiger partial charge in [-0.2, -0.15) is 0 Å². The van der Waals surface area contributed by atoms with Gasteiger partial charge in [0.15, 0.2) is 0 Å². The molecule has 0 radical (unpaired) electrons. The minimum Gasteiger partial charge on any atom is -0.495 e. The summed E-state index contributed by atoms with van der Waals surface area (Å²) < 4.78 is 31.5. The highest BCUT2D eigenvalue weighted by molar-refractivity contribution is 7.92. The molecule has 0 heterocycles. The van der Waals surface area contributed by atoms with Crippen molar-refractivity contribution in [3.63, 3.8) is 0 Å². The standard InChI is InChI=1S/C15H16ClNO3S/c1-11-5-4-6-12(9-11)17(2)21(18,19)13-7-8-15(20-3)14(16)10-13/h4-10H,1-3H3. The number of benzene rings is 2. The first-order chi connectivity index (χ1) is 9.86.